The van der Waals surface area contributed by atoms with Crippen LogP contribution in [0, 0.1) is 5.92 Å². The van der Waals surface area contributed by atoms with Gasteiger partial charge in [0.2, 0.25) is 5.91 Å². The number of anilines is 2. The average Bonchev–Trinajstić information content (AvgIpc) is 3.32. The largest absolute Gasteiger partial charge is 0.480 e. The highest BCUT2D eigenvalue weighted by atomic mass is 35.5. The van der Waals surface area contributed by atoms with Crippen molar-refractivity contribution in [3.05, 3.63) is 45.6 Å². The van der Waals surface area contributed by atoms with Gasteiger partial charge in [0.15, 0.2) is 0 Å². The number of carbonyl (C=O) groups is 3. The highest BCUT2D eigenvalue weighted by Gasteiger charge is 2.30. The molecule has 3 rings (SSSR count). The Balaban J connectivity index is 1.45. The number of nitrogens with one attached hydrogen (secondary N) is 2. The van der Waals surface area contributed by atoms with Crippen molar-refractivity contribution < 1.29 is 24.2 Å². The van der Waals surface area contributed by atoms with E-state index in [4.69, 9.17) is 21.4 Å². The molecule has 1 aliphatic heterocycles. The average molecular weight is 452 g/mol. The molecule has 1 aromatic heterocycles. The summed E-state index contributed by atoms with van der Waals surface area (Å²) in [5, 5.41) is 14.5. The third-order valence-electron chi connectivity index (χ3n) is 4.53. The Bertz CT molecular complexity index is 902. The van der Waals surface area contributed by atoms with Crippen LogP contribution in [-0.2, 0) is 14.3 Å². The summed E-state index contributed by atoms with van der Waals surface area (Å²) in [5.74, 6) is -1.11. The molecule has 2 heterocycles. The third kappa shape index (κ3) is 6.19. The zero-order valence-electron chi connectivity index (χ0n) is 16.1. The lowest BCUT2D eigenvalue weighted by Crippen LogP contribution is -2.30. The second-order valence-electron chi connectivity index (χ2n) is 6.81. The Morgan fingerprint density at radius 2 is 2.00 bits per heavy atom. The van der Waals surface area contributed by atoms with Gasteiger partial charge in [-0.15, -0.1) is 11.3 Å². The molecule has 2 amide bonds. The van der Waals surface area contributed by atoms with Crippen LogP contribution >= 0.6 is 22.9 Å². The van der Waals surface area contributed by atoms with Crippen molar-refractivity contribution in [2.24, 2.45) is 5.92 Å². The number of carbonyl (C=O) groups excluding carboxylic acids is 2. The predicted molar refractivity (Wildman–Crippen MR) is 116 cm³/mol. The van der Waals surface area contributed by atoms with Gasteiger partial charge in [-0.3, -0.25) is 9.59 Å². The van der Waals surface area contributed by atoms with Gasteiger partial charge in [-0.1, -0.05) is 11.6 Å². The molecule has 30 heavy (non-hydrogen) atoms. The number of hydrogen-bond acceptors (Lipinski definition) is 6. The van der Waals surface area contributed by atoms with Gasteiger partial charge in [0.25, 0.3) is 5.91 Å². The molecule has 0 unspecified atom stereocenters. The van der Waals surface area contributed by atoms with Crippen molar-refractivity contribution in [1.29, 1.82) is 0 Å². The maximum atomic E-state index is 12.4. The number of nitrogens with zero attached hydrogens (tertiary/aromatic N) is 1. The van der Waals surface area contributed by atoms with Crippen molar-refractivity contribution in [1.82, 2.24) is 5.32 Å². The van der Waals surface area contributed by atoms with E-state index in [1.165, 1.54) is 11.3 Å². The van der Waals surface area contributed by atoms with Crippen LogP contribution < -0.4 is 15.5 Å². The van der Waals surface area contributed by atoms with Gasteiger partial charge in [0.1, 0.15) is 6.61 Å². The molecule has 1 aliphatic rings. The highest BCUT2D eigenvalue weighted by Crippen LogP contribution is 2.26. The highest BCUT2D eigenvalue weighted by molar-refractivity contribution is 7.18. The van der Waals surface area contributed by atoms with Gasteiger partial charge in [0, 0.05) is 43.3 Å². The summed E-state index contributed by atoms with van der Waals surface area (Å²) in [6, 6.07) is 10.8. The topological polar surface area (TPSA) is 108 Å². The first kappa shape index (κ1) is 22.1. The van der Waals surface area contributed by atoms with Gasteiger partial charge in [-0.05, 0) is 36.4 Å². The molecule has 1 fully saturated rings. The molecule has 0 radical (unpaired) electrons. The molecule has 0 spiro atoms. The maximum Gasteiger partial charge on any atom is 0.329 e. The zero-order valence-corrected chi connectivity index (χ0v) is 17.7. The minimum Gasteiger partial charge on any atom is -0.480 e. The molecule has 1 saturated heterocycles. The number of aliphatic carboxylic acids is 1. The van der Waals surface area contributed by atoms with Crippen LogP contribution in [0.3, 0.4) is 0 Å². The van der Waals surface area contributed by atoms with Crippen molar-refractivity contribution in [3.63, 3.8) is 0 Å². The van der Waals surface area contributed by atoms with Crippen molar-refractivity contribution in [2.75, 3.05) is 43.1 Å². The van der Waals surface area contributed by atoms with Gasteiger partial charge in [0.05, 0.1) is 15.8 Å². The van der Waals surface area contributed by atoms with Crippen LogP contribution in [0.5, 0.6) is 0 Å². The van der Waals surface area contributed by atoms with Crippen LogP contribution in [0.2, 0.25) is 4.34 Å². The summed E-state index contributed by atoms with van der Waals surface area (Å²) in [6.07, 6.45) is 0.381. The monoisotopic (exact) mass is 451 g/mol. The number of benzene rings is 1. The Hall–Kier alpha value is -2.62. The van der Waals surface area contributed by atoms with E-state index in [2.05, 4.69) is 10.6 Å². The van der Waals surface area contributed by atoms with E-state index >= 15 is 0 Å². The normalized spacial score (nSPS) is 16.0. The molecule has 1 aromatic carbocycles. The molecule has 0 saturated carbocycles. The smallest absolute Gasteiger partial charge is 0.329 e. The molecular formula is C20H22ClN3O5S. The molecule has 0 bridgehead atoms. The van der Waals surface area contributed by atoms with Crippen molar-refractivity contribution in [2.45, 2.75) is 6.42 Å². The summed E-state index contributed by atoms with van der Waals surface area (Å²) < 4.78 is 5.53. The van der Waals surface area contributed by atoms with E-state index in [1.54, 1.807) is 17.0 Å². The second kappa shape index (κ2) is 10.4. The first-order chi connectivity index (χ1) is 14.4. The first-order valence-corrected chi connectivity index (χ1v) is 10.6. The number of carboxylic acid groups (broad SMARTS) is 1. The number of rotatable bonds is 10. The summed E-state index contributed by atoms with van der Waals surface area (Å²) in [6.45, 7) is 1.41. The number of amides is 2. The predicted octanol–water partition coefficient (Wildman–Crippen LogP) is 2.70. The lowest BCUT2D eigenvalue weighted by Gasteiger charge is -2.17. The van der Waals surface area contributed by atoms with Gasteiger partial charge >= 0.3 is 5.97 Å². The minimum atomic E-state index is -0.997. The third-order valence-corrected chi connectivity index (χ3v) is 5.76. The van der Waals surface area contributed by atoms with E-state index in [9.17, 15) is 14.4 Å². The van der Waals surface area contributed by atoms with Crippen LogP contribution in [0.1, 0.15) is 16.1 Å². The lowest BCUT2D eigenvalue weighted by atomic mass is 10.1. The first-order valence-electron chi connectivity index (χ1n) is 9.40. The fourth-order valence-electron chi connectivity index (χ4n) is 3.11. The SMILES string of the molecule is O=C(O)COCCNc1ccc(N2C[C@H](CNC(=O)c3ccc(Cl)s3)CC2=O)cc1. The van der Waals surface area contributed by atoms with Crippen LogP contribution in [-0.4, -0.2) is 55.7 Å². The standard InChI is InChI=1S/C20H22ClN3O5S/c21-17-6-5-16(30-17)20(28)23-10-13-9-18(25)24(11-13)15-3-1-14(2-4-15)22-7-8-29-12-19(26)27/h1-6,13,22H,7-12H2,(H,23,28)(H,26,27)/t13-/m0/s1. The van der Waals surface area contributed by atoms with Crippen molar-refractivity contribution in [3.8, 4) is 0 Å². The van der Waals surface area contributed by atoms with E-state index in [1.807, 2.05) is 24.3 Å². The molecule has 2 aromatic rings. The molecular weight excluding hydrogens is 430 g/mol. The number of ether oxygens (including phenoxy) is 1. The Morgan fingerprint density at radius 3 is 2.67 bits per heavy atom. The van der Waals surface area contributed by atoms with E-state index in [0.29, 0.717) is 35.3 Å². The summed E-state index contributed by atoms with van der Waals surface area (Å²) >= 11 is 7.08. The quantitative estimate of drug-likeness (QED) is 0.479. The fraction of sp³-hybridized carbons (Fsp3) is 0.350. The van der Waals surface area contributed by atoms with Crippen LogP contribution in [0.25, 0.3) is 0 Å². The summed E-state index contributed by atoms with van der Waals surface area (Å²) in [7, 11) is 0. The fourth-order valence-corrected chi connectivity index (χ4v) is 4.07. The van der Waals surface area contributed by atoms with Gasteiger partial charge < -0.3 is 25.4 Å². The Labute approximate surface area is 182 Å². The number of halogens is 1. The van der Waals surface area contributed by atoms with E-state index in [0.717, 1.165) is 11.4 Å². The van der Waals surface area contributed by atoms with Crippen LogP contribution in [0.4, 0.5) is 11.4 Å². The number of carboxylic acids is 1. The van der Waals surface area contributed by atoms with E-state index < -0.39 is 5.97 Å². The van der Waals surface area contributed by atoms with Gasteiger partial charge in [-0.25, -0.2) is 4.79 Å². The molecule has 8 nitrogen and oxygen atoms in total. The second-order valence-corrected chi connectivity index (χ2v) is 8.52. The minimum absolute atomic E-state index is 0.0243. The number of thiophene rings is 1. The Kier molecular flexibility index (Phi) is 7.67. The molecule has 0 aliphatic carbocycles. The Morgan fingerprint density at radius 1 is 1.23 bits per heavy atom. The number of hydrogen-bond donors (Lipinski definition) is 3. The molecule has 10 heteroatoms. The molecule has 1 atom stereocenters. The maximum absolute atomic E-state index is 12.4. The lowest BCUT2D eigenvalue weighted by molar-refractivity contribution is -0.142. The summed E-state index contributed by atoms with van der Waals surface area (Å²) in [4.78, 5) is 37.2. The zero-order chi connectivity index (χ0) is 21.5. The summed E-state index contributed by atoms with van der Waals surface area (Å²) in [5.41, 5.74) is 1.65. The van der Waals surface area contributed by atoms with Gasteiger partial charge in [-0.2, -0.15) is 0 Å². The molecule has 160 valence electrons. The molecule has 3 N–H and O–H groups in total. The van der Waals surface area contributed by atoms with Crippen molar-refractivity contribution >= 4 is 52.1 Å². The van der Waals surface area contributed by atoms with E-state index in [-0.39, 0.29) is 30.9 Å². The van der Waals surface area contributed by atoms with Crippen LogP contribution in [0.15, 0.2) is 36.4 Å².